The molecule has 1 heterocycles. The van der Waals surface area contributed by atoms with Crippen molar-refractivity contribution in [3.05, 3.63) is 69.6 Å². The van der Waals surface area contributed by atoms with Gasteiger partial charge in [0.05, 0.1) is 24.3 Å². The number of hydrogen-bond acceptors (Lipinski definition) is 4. The predicted molar refractivity (Wildman–Crippen MR) is 101 cm³/mol. The Kier molecular flexibility index (Phi) is 5.71. The summed E-state index contributed by atoms with van der Waals surface area (Å²) in [4.78, 5) is 37.5. The molecule has 1 fully saturated rings. The van der Waals surface area contributed by atoms with Crippen molar-refractivity contribution in [3.8, 4) is 0 Å². The molecule has 1 aromatic heterocycles. The summed E-state index contributed by atoms with van der Waals surface area (Å²) >= 11 is 0. The number of benzene rings is 1. The van der Waals surface area contributed by atoms with Gasteiger partial charge in [-0.3, -0.25) is 14.4 Å². The first-order chi connectivity index (χ1) is 13.0. The quantitative estimate of drug-likeness (QED) is 0.800. The van der Waals surface area contributed by atoms with Crippen LogP contribution in [0.1, 0.15) is 39.1 Å². The summed E-state index contributed by atoms with van der Waals surface area (Å²) in [7, 11) is 3.07. The van der Waals surface area contributed by atoms with Crippen molar-refractivity contribution in [1.29, 1.82) is 0 Å². The highest BCUT2D eigenvalue weighted by molar-refractivity contribution is 5.99. The maximum Gasteiger partial charge on any atom is 0.263 e. The zero-order valence-corrected chi connectivity index (χ0v) is 15.4. The number of methoxy groups -OCH3 is 1. The molecule has 0 aliphatic heterocycles. The fourth-order valence-corrected chi connectivity index (χ4v) is 3.12. The minimum absolute atomic E-state index is 0.00239. The number of amides is 2. The second-order valence-corrected chi connectivity index (χ2v) is 6.57. The van der Waals surface area contributed by atoms with Crippen molar-refractivity contribution in [1.82, 2.24) is 15.2 Å². The summed E-state index contributed by atoms with van der Waals surface area (Å²) in [5.41, 5.74) is 0.676. The summed E-state index contributed by atoms with van der Waals surface area (Å²) in [5.74, 6) is -0.844. The highest BCUT2D eigenvalue weighted by Crippen LogP contribution is 2.23. The van der Waals surface area contributed by atoms with Crippen molar-refractivity contribution < 1.29 is 14.3 Å². The number of carbonyl (C=O) groups excluding carboxylic acids is 2. The number of nitrogens with zero attached hydrogens (tertiary/aromatic N) is 1. The Labute approximate surface area is 157 Å². The van der Waals surface area contributed by atoms with Gasteiger partial charge >= 0.3 is 0 Å². The summed E-state index contributed by atoms with van der Waals surface area (Å²) in [6.45, 7) is 0.273. The Balaban J connectivity index is 1.93. The van der Waals surface area contributed by atoms with E-state index in [1.54, 1.807) is 7.11 Å². The molecule has 1 saturated carbocycles. The Hall–Kier alpha value is -2.93. The van der Waals surface area contributed by atoms with Crippen LogP contribution in [-0.2, 0) is 11.3 Å². The van der Waals surface area contributed by atoms with Gasteiger partial charge in [0.2, 0.25) is 0 Å². The van der Waals surface area contributed by atoms with Crippen molar-refractivity contribution in [2.45, 2.75) is 31.5 Å². The van der Waals surface area contributed by atoms with Gasteiger partial charge in [0.25, 0.3) is 17.4 Å². The zero-order chi connectivity index (χ0) is 19.4. The Morgan fingerprint density at radius 1 is 1.19 bits per heavy atom. The van der Waals surface area contributed by atoms with E-state index in [1.807, 2.05) is 30.3 Å². The van der Waals surface area contributed by atoms with Crippen LogP contribution in [0.25, 0.3) is 0 Å². The lowest BCUT2D eigenvalue weighted by Gasteiger charge is -2.35. The van der Waals surface area contributed by atoms with Gasteiger partial charge in [-0.1, -0.05) is 30.3 Å². The van der Waals surface area contributed by atoms with E-state index >= 15 is 0 Å². The van der Waals surface area contributed by atoms with E-state index in [0.717, 1.165) is 18.4 Å². The zero-order valence-electron chi connectivity index (χ0n) is 15.4. The van der Waals surface area contributed by atoms with Crippen LogP contribution < -0.4 is 16.2 Å². The molecule has 142 valence electrons. The third-order valence-electron chi connectivity index (χ3n) is 4.85. The van der Waals surface area contributed by atoms with Crippen LogP contribution in [0.15, 0.2) is 47.4 Å². The molecule has 3 rings (SSSR count). The first-order valence-corrected chi connectivity index (χ1v) is 8.87. The molecule has 0 saturated heterocycles. The topological polar surface area (TPSA) is 89.4 Å². The molecule has 0 unspecified atom stereocenters. The van der Waals surface area contributed by atoms with Gasteiger partial charge in [-0.15, -0.1) is 0 Å². The molecule has 1 aliphatic carbocycles. The molecule has 1 aromatic carbocycles. The minimum Gasteiger partial charge on any atom is -0.379 e. The van der Waals surface area contributed by atoms with Crippen molar-refractivity contribution in [2.75, 3.05) is 14.2 Å². The van der Waals surface area contributed by atoms with E-state index in [4.69, 9.17) is 4.74 Å². The fourth-order valence-electron chi connectivity index (χ4n) is 3.12. The van der Waals surface area contributed by atoms with Gasteiger partial charge in [-0.2, -0.15) is 0 Å². The van der Waals surface area contributed by atoms with Gasteiger partial charge < -0.3 is 19.9 Å². The summed E-state index contributed by atoms with van der Waals surface area (Å²) in [5, 5.41) is 5.37. The molecule has 2 N–H and O–H groups in total. The summed E-state index contributed by atoms with van der Waals surface area (Å²) < 4.78 is 6.69. The molecule has 2 amide bonds. The SMILES string of the molecule is CNC(=O)c1cc(C(=O)N[C@@H]2CC[C@H]2OC)cn(Cc2ccccc2)c1=O. The molecule has 7 heteroatoms. The third-order valence-corrected chi connectivity index (χ3v) is 4.85. The highest BCUT2D eigenvalue weighted by Gasteiger charge is 2.32. The average molecular weight is 369 g/mol. The lowest BCUT2D eigenvalue weighted by atomic mass is 9.89. The van der Waals surface area contributed by atoms with E-state index in [9.17, 15) is 14.4 Å². The Bertz CT molecular complexity index is 890. The number of carbonyl (C=O) groups is 2. The number of hydrogen-bond donors (Lipinski definition) is 2. The molecule has 2 aromatic rings. The molecule has 2 atom stereocenters. The predicted octanol–water partition coefficient (Wildman–Crippen LogP) is 1.16. The number of aromatic nitrogens is 1. The lowest BCUT2D eigenvalue weighted by molar-refractivity contribution is 0.00728. The number of pyridine rings is 1. The Morgan fingerprint density at radius 3 is 2.52 bits per heavy atom. The second-order valence-electron chi connectivity index (χ2n) is 6.57. The van der Waals surface area contributed by atoms with E-state index in [0.29, 0.717) is 0 Å². The smallest absolute Gasteiger partial charge is 0.263 e. The highest BCUT2D eigenvalue weighted by atomic mass is 16.5. The van der Waals surface area contributed by atoms with Gasteiger partial charge in [0.15, 0.2) is 0 Å². The largest absolute Gasteiger partial charge is 0.379 e. The third kappa shape index (κ3) is 4.09. The van der Waals surface area contributed by atoms with Crippen molar-refractivity contribution in [3.63, 3.8) is 0 Å². The number of rotatable bonds is 6. The van der Waals surface area contributed by atoms with Gasteiger partial charge in [0, 0.05) is 20.4 Å². The van der Waals surface area contributed by atoms with Crippen LogP contribution in [0.4, 0.5) is 0 Å². The van der Waals surface area contributed by atoms with E-state index in [2.05, 4.69) is 10.6 Å². The number of ether oxygens (including phenoxy) is 1. The molecule has 1 aliphatic rings. The monoisotopic (exact) mass is 369 g/mol. The molecule has 0 spiro atoms. The molecule has 0 bridgehead atoms. The van der Waals surface area contributed by atoms with Gasteiger partial charge in [0.1, 0.15) is 5.56 Å². The van der Waals surface area contributed by atoms with E-state index in [1.165, 1.54) is 23.9 Å². The van der Waals surface area contributed by atoms with Crippen LogP contribution in [0.3, 0.4) is 0 Å². The maximum absolute atomic E-state index is 12.7. The van der Waals surface area contributed by atoms with Crippen LogP contribution in [0.2, 0.25) is 0 Å². The van der Waals surface area contributed by atoms with Gasteiger partial charge in [-0.05, 0) is 24.5 Å². The second kappa shape index (κ2) is 8.18. The number of nitrogens with one attached hydrogen (secondary N) is 2. The lowest BCUT2D eigenvalue weighted by Crippen LogP contribution is -2.51. The van der Waals surface area contributed by atoms with Crippen molar-refractivity contribution >= 4 is 11.8 Å². The van der Waals surface area contributed by atoms with Crippen LogP contribution in [0.5, 0.6) is 0 Å². The summed E-state index contributed by atoms with van der Waals surface area (Å²) in [6, 6.07) is 10.7. The normalized spacial score (nSPS) is 18.4. The minimum atomic E-state index is -0.519. The summed E-state index contributed by atoms with van der Waals surface area (Å²) in [6.07, 6.45) is 3.24. The first-order valence-electron chi connectivity index (χ1n) is 8.87. The van der Waals surface area contributed by atoms with Crippen LogP contribution in [-0.4, -0.2) is 42.7 Å². The molecule has 27 heavy (non-hydrogen) atoms. The van der Waals surface area contributed by atoms with E-state index < -0.39 is 11.5 Å². The Morgan fingerprint density at radius 2 is 1.93 bits per heavy atom. The van der Waals surface area contributed by atoms with Crippen LogP contribution >= 0.6 is 0 Å². The van der Waals surface area contributed by atoms with Gasteiger partial charge in [-0.25, -0.2) is 0 Å². The van der Waals surface area contributed by atoms with E-state index in [-0.39, 0.29) is 35.7 Å². The molecule has 7 nitrogen and oxygen atoms in total. The molecular formula is C20H23N3O4. The van der Waals surface area contributed by atoms with Crippen molar-refractivity contribution in [2.24, 2.45) is 0 Å². The standard InChI is InChI=1S/C20H23N3O4/c1-21-19(25)15-10-14(18(24)22-16-8-9-17(16)27-2)12-23(20(15)26)11-13-6-4-3-5-7-13/h3-7,10,12,16-17H,8-9,11H2,1-2H3,(H,21,25)(H,22,24)/t16-,17-/m1/s1. The average Bonchev–Trinajstić information content (AvgIpc) is 2.67. The fraction of sp³-hybridized carbons (Fsp3) is 0.350. The maximum atomic E-state index is 12.7. The molecule has 0 radical (unpaired) electrons. The van der Waals surface area contributed by atoms with Crippen LogP contribution in [0, 0.1) is 0 Å². The first kappa shape index (κ1) is 18.8. The molecular weight excluding hydrogens is 346 g/mol.